The summed E-state index contributed by atoms with van der Waals surface area (Å²) in [5.41, 5.74) is 0. The molecule has 5 heteroatoms. The van der Waals surface area contributed by atoms with Crippen LogP contribution in [0.5, 0.6) is 0 Å². The van der Waals surface area contributed by atoms with Gasteiger partial charge in [0, 0.05) is 15.9 Å². The van der Waals surface area contributed by atoms with Gasteiger partial charge in [0.25, 0.3) is 4.82 Å². The molecule has 0 spiro atoms. The van der Waals surface area contributed by atoms with E-state index in [1.807, 2.05) is 0 Å². The third kappa shape index (κ3) is 1.78. The molecule has 0 aromatic carbocycles. The number of nitrogens with zero attached hydrogens (tertiary/aromatic N) is 1. The molecule has 4 nitrogen and oxygen atoms in total. The maximum absolute atomic E-state index is 11.0. The van der Waals surface area contributed by atoms with Gasteiger partial charge in [-0.05, 0) is 12.8 Å². The molecule has 2 atom stereocenters. The van der Waals surface area contributed by atoms with Crippen LogP contribution in [0.25, 0.3) is 0 Å². The number of carbonyl (C=O) groups is 1. The number of likely N-dealkylation sites (tertiary alicyclic amines) is 1. The Kier molecular flexibility index (Phi) is 3.49. The minimum atomic E-state index is -0.252. The summed E-state index contributed by atoms with van der Waals surface area (Å²) in [7, 11) is 0. The minimum absolute atomic E-state index is 0.0339. The molecular formula is C7H12BrNO3. The second-order valence-corrected chi connectivity index (χ2v) is 3.59. The highest BCUT2D eigenvalue weighted by Gasteiger charge is 2.34. The molecule has 1 aliphatic rings. The lowest BCUT2D eigenvalue weighted by Crippen LogP contribution is -2.41. The van der Waals surface area contributed by atoms with Gasteiger partial charge in [-0.1, -0.05) is 0 Å². The monoisotopic (exact) mass is 237 g/mol. The summed E-state index contributed by atoms with van der Waals surface area (Å²) in [6.07, 6.45) is 1.53. The molecule has 1 rings (SSSR count). The Morgan fingerprint density at radius 2 is 1.75 bits per heavy atom. The van der Waals surface area contributed by atoms with Gasteiger partial charge in [-0.15, -0.1) is 0 Å². The highest BCUT2D eigenvalue weighted by Crippen LogP contribution is 2.25. The molecule has 1 heterocycles. The molecule has 0 radical (unpaired) electrons. The van der Waals surface area contributed by atoms with Crippen LogP contribution in [0, 0.1) is 0 Å². The van der Waals surface area contributed by atoms with E-state index in [1.54, 1.807) is 0 Å². The van der Waals surface area contributed by atoms with Crippen molar-refractivity contribution >= 4 is 20.7 Å². The van der Waals surface area contributed by atoms with Crippen LogP contribution in [-0.4, -0.2) is 45.2 Å². The van der Waals surface area contributed by atoms with E-state index in [0.717, 1.165) is 12.8 Å². The van der Waals surface area contributed by atoms with Gasteiger partial charge in [-0.25, -0.2) is 0 Å². The Hall–Kier alpha value is -0.130. The van der Waals surface area contributed by atoms with Crippen molar-refractivity contribution in [2.24, 2.45) is 0 Å². The van der Waals surface area contributed by atoms with E-state index < -0.39 is 0 Å². The maximum atomic E-state index is 11.0. The number of hydrogen-bond acceptors (Lipinski definition) is 3. The fourth-order valence-corrected chi connectivity index (χ4v) is 2.19. The Morgan fingerprint density at radius 3 is 2.00 bits per heavy atom. The van der Waals surface area contributed by atoms with Crippen molar-refractivity contribution in [3.05, 3.63) is 0 Å². The molecule has 12 heavy (non-hydrogen) atoms. The Labute approximate surface area is 79.3 Å². The number of aliphatic hydroxyl groups excluding tert-OH is 2. The smallest absolute Gasteiger partial charge is 0.290 e. The maximum Gasteiger partial charge on any atom is 0.290 e. The lowest BCUT2D eigenvalue weighted by molar-refractivity contribution is 0.128. The SMILES string of the molecule is O=C(Br)N1C(CO)CCC1CO. The molecule has 70 valence electrons. The summed E-state index contributed by atoms with van der Waals surface area (Å²) in [6, 6.07) is -0.261. The number of halogens is 1. The molecule has 1 fully saturated rings. The van der Waals surface area contributed by atoms with Crippen LogP contribution in [0.3, 0.4) is 0 Å². The van der Waals surface area contributed by atoms with Crippen molar-refractivity contribution in [1.29, 1.82) is 0 Å². The van der Waals surface area contributed by atoms with Crippen LogP contribution in [0.1, 0.15) is 12.8 Å². The molecule has 2 N–H and O–H groups in total. The molecule has 0 aliphatic carbocycles. The van der Waals surface area contributed by atoms with Crippen LogP contribution in [0.4, 0.5) is 4.79 Å². The molecule has 2 unspecified atom stereocenters. The molecule has 1 amide bonds. The summed E-state index contributed by atoms with van der Waals surface area (Å²) in [5.74, 6) is 0. The topological polar surface area (TPSA) is 60.8 Å². The Balaban J connectivity index is 2.65. The quantitative estimate of drug-likeness (QED) is 0.538. The van der Waals surface area contributed by atoms with Gasteiger partial charge in [-0.3, -0.25) is 4.79 Å². The minimum Gasteiger partial charge on any atom is -0.394 e. The first kappa shape index (κ1) is 9.95. The number of hydrogen-bond donors (Lipinski definition) is 2. The average molecular weight is 238 g/mol. The molecule has 1 aliphatic heterocycles. The average Bonchev–Trinajstić information content (AvgIpc) is 2.46. The van der Waals surface area contributed by atoms with E-state index in [2.05, 4.69) is 15.9 Å². The van der Waals surface area contributed by atoms with Crippen molar-refractivity contribution in [2.45, 2.75) is 24.9 Å². The van der Waals surface area contributed by atoms with Gasteiger partial charge < -0.3 is 15.1 Å². The number of carbonyl (C=O) groups excluding carboxylic acids is 1. The van der Waals surface area contributed by atoms with Gasteiger partial charge >= 0.3 is 0 Å². The first-order valence-corrected chi connectivity index (χ1v) is 4.69. The second kappa shape index (κ2) is 4.20. The predicted molar refractivity (Wildman–Crippen MR) is 47.1 cm³/mol. The van der Waals surface area contributed by atoms with Crippen LogP contribution in [0.2, 0.25) is 0 Å². The molecule has 1 saturated heterocycles. The summed E-state index contributed by atoms with van der Waals surface area (Å²) in [5, 5.41) is 17.8. The number of rotatable bonds is 2. The van der Waals surface area contributed by atoms with Gasteiger partial charge in [0.1, 0.15) is 0 Å². The number of aliphatic hydroxyl groups is 2. The molecule has 0 saturated carbocycles. The first-order chi connectivity index (χ1) is 5.70. The van der Waals surface area contributed by atoms with E-state index in [9.17, 15) is 4.79 Å². The van der Waals surface area contributed by atoms with E-state index in [0.29, 0.717) is 0 Å². The Morgan fingerprint density at radius 1 is 1.33 bits per heavy atom. The summed E-state index contributed by atoms with van der Waals surface area (Å²) in [6.45, 7) is -0.0678. The fourth-order valence-electron chi connectivity index (χ4n) is 1.61. The van der Waals surface area contributed by atoms with Crippen LogP contribution in [-0.2, 0) is 0 Å². The van der Waals surface area contributed by atoms with Gasteiger partial charge in [0.15, 0.2) is 0 Å². The molecular weight excluding hydrogens is 226 g/mol. The summed E-state index contributed by atoms with van der Waals surface area (Å²) in [4.78, 5) is 12.3. The predicted octanol–water partition coefficient (Wildman–Crippen LogP) is 0.319. The van der Waals surface area contributed by atoms with E-state index >= 15 is 0 Å². The van der Waals surface area contributed by atoms with Gasteiger partial charge in [0.05, 0.1) is 25.3 Å². The largest absolute Gasteiger partial charge is 0.394 e. The highest BCUT2D eigenvalue weighted by molar-refractivity contribution is 9.18. The molecule has 0 aromatic rings. The van der Waals surface area contributed by atoms with Crippen molar-refractivity contribution < 1.29 is 15.0 Å². The Bertz CT molecular complexity index is 164. The van der Waals surface area contributed by atoms with Gasteiger partial charge in [-0.2, -0.15) is 0 Å². The zero-order valence-electron chi connectivity index (χ0n) is 6.61. The third-order valence-corrected chi connectivity index (χ3v) is 2.65. The molecule has 0 bridgehead atoms. The van der Waals surface area contributed by atoms with Crippen LogP contribution < -0.4 is 0 Å². The third-order valence-electron chi connectivity index (χ3n) is 2.24. The highest BCUT2D eigenvalue weighted by atomic mass is 79.9. The van der Waals surface area contributed by atoms with Gasteiger partial charge in [0.2, 0.25) is 0 Å². The zero-order chi connectivity index (χ0) is 9.14. The zero-order valence-corrected chi connectivity index (χ0v) is 8.20. The lowest BCUT2D eigenvalue weighted by Gasteiger charge is -2.25. The van der Waals surface area contributed by atoms with E-state index in [4.69, 9.17) is 10.2 Å². The van der Waals surface area contributed by atoms with E-state index in [-0.39, 0.29) is 30.1 Å². The normalized spacial score (nSPS) is 29.4. The fraction of sp³-hybridized carbons (Fsp3) is 0.857. The number of amides is 1. The van der Waals surface area contributed by atoms with Crippen molar-refractivity contribution in [1.82, 2.24) is 4.90 Å². The summed E-state index contributed by atoms with van der Waals surface area (Å²) < 4.78 is 0. The first-order valence-electron chi connectivity index (χ1n) is 3.90. The summed E-state index contributed by atoms with van der Waals surface area (Å²) >= 11 is 2.83. The standard InChI is InChI=1S/C7H12BrNO3/c8-7(12)9-5(3-10)1-2-6(9)4-11/h5-6,10-11H,1-4H2. The van der Waals surface area contributed by atoms with Crippen molar-refractivity contribution in [2.75, 3.05) is 13.2 Å². The van der Waals surface area contributed by atoms with Crippen LogP contribution >= 0.6 is 15.9 Å². The van der Waals surface area contributed by atoms with E-state index in [1.165, 1.54) is 4.90 Å². The molecule has 0 aromatic heterocycles. The van der Waals surface area contributed by atoms with Crippen LogP contribution in [0.15, 0.2) is 0 Å². The van der Waals surface area contributed by atoms with Crippen molar-refractivity contribution in [3.8, 4) is 0 Å². The second-order valence-electron chi connectivity index (χ2n) is 2.91. The lowest BCUT2D eigenvalue weighted by atomic mass is 10.2. The van der Waals surface area contributed by atoms with Crippen molar-refractivity contribution in [3.63, 3.8) is 0 Å².